The molecule has 0 unspecified atom stereocenters. The zero-order chi connectivity index (χ0) is 16.8. The maximum absolute atomic E-state index is 5.95. The molecule has 4 nitrogen and oxygen atoms in total. The van der Waals surface area contributed by atoms with Gasteiger partial charge in [0, 0.05) is 42.6 Å². The summed E-state index contributed by atoms with van der Waals surface area (Å²) in [4.78, 5) is 1.63. The van der Waals surface area contributed by atoms with E-state index in [-0.39, 0.29) is 0 Å². The van der Waals surface area contributed by atoms with E-state index >= 15 is 0 Å². The van der Waals surface area contributed by atoms with Crippen molar-refractivity contribution in [1.29, 1.82) is 0 Å². The van der Waals surface area contributed by atoms with Crippen LogP contribution in [-0.4, -0.2) is 43.5 Å². The third-order valence-electron chi connectivity index (χ3n) is 4.91. The van der Waals surface area contributed by atoms with Gasteiger partial charge in [0.05, 0.1) is 19.2 Å². The first-order chi connectivity index (χ1) is 11.7. The molecule has 0 saturated carbocycles. The predicted molar refractivity (Wildman–Crippen MR) is 102 cm³/mol. The van der Waals surface area contributed by atoms with Crippen molar-refractivity contribution in [2.24, 2.45) is 0 Å². The van der Waals surface area contributed by atoms with Crippen LogP contribution < -0.4 is 15.5 Å². The van der Waals surface area contributed by atoms with E-state index in [0.717, 1.165) is 49.1 Å². The van der Waals surface area contributed by atoms with Crippen LogP contribution in [0.4, 0.5) is 0 Å². The lowest BCUT2D eigenvalue weighted by molar-refractivity contribution is -0.918. The summed E-state index contributed by atoms with van der Waals surface area (Å²) in [6.45, 7) is 5.14. The lowest BCUT2D eigenvalue weighted by atomic mass is 10.0. The standard InChI is InChI=1S/C18H26ClN3OS/c19-15-5-3-14(4-6-15)13-22-9-7-16(8-10-22)21-18(24)20-12-17-2-1-11-23-17/h3-6,16-17H,1-2,7-13H2,(H2,20,21,24)/p+1/t17-/m0/s1. The molecule has 2 heterocycles. The molecular formula is C18H27ClN3OS+. The number of benzene rings is 1. The van der Waals surface area contributed by atoms with Gasteiger partial charge in [0.2, 0.25) is 0 Å². The molecule has 6 heteroatoms. The molecule has 0 bridgehead atoms. The van der Waals surface area contributed by atoms with Gasteiger partial charge in [-0.1, -0.05) is 23.7 Å². The van der Waals surface area contributed by atoms with Gasteiger partial charge in [0.25, 0.3) is 0 Å². The van der Waals surface area contributed by atoms with E-state index in [1.807, 2.05) is 12.1 Å². The summed E-state index contributed by atoms with van der Waals surface area (Å²) in [6.07, 6.45) is 4.95. The molecule has 1 aromatic carbocycles. The second-order valence-electron chi connectivity index (χ2n) is 6.82. The Morgan fingerprint density at radius 1 is 1.21 bits per heavy atom. The van der Waals surface area contributed by atoms with Crippen LogP contribution in [0.25, 0.3) is 0 Å². The summed E-state index contributed by atoms with van der Waals surface area (Å²) in [6, 6.07) is 8.70. The molecule has 2 fully saturated rings. The van der Waals surface area contributed by atoms with E-state index in [9.17, 15) is 0 Å². The first-order valence-corrected chi connectivity index (χ1v) is 9.71. The zero-order valence-electron chi connectivity index (χ0n) is 14.0. The number of quaternary nitrogens is 1. The van der Waals surface area contributed by atoms with Gasteiger partial charge < -0.3 is 20.3 Å². The van der Waals surface area contributed by atoms with Crippen LogP contribution in [0, 0.1) is 0 Å². The number of thiocarbonyl (C=S) groups is 1. The Hall–Kier alpha value is -0.880. The van der Waals surface area contributed by atoms with Crippen LogP contribution in [0.2, 0.25) is 5.02 Å². The second-order valence-corrected chi connectivity index (χ2v) is 7.66. The van der Waals surface area contributed by atoms with Gasteiger partial charge in [-0.3, -0.25) is 0 Å². The molecule has 2 saturated heterocycles. The Morgan fingerprint density at radius 3 is 2.62 bits per heavy atom. The summed E-state index contributed by atoms with van der Waals surface area (Å²) < 4.78 is 5.61. The second kappa shape index (κ2) is 8.99. The van der Waals surface area contributed by atoms with Gasteiger partial charge in [-0.25, -0.2) is 0 Å². The van der Waals surface area contributed by atoms with Crippen molar-refractivity contribution in [1.82, 2.24) is 10.6 Å². The lowest BCUT2D eigenvalue weighted by Gasteiger charge is -2.30. The first kappa shape index (κ1) is 17.9. The highest BCUT2D eigenvalue weighted by Crippen LogP contribution is 2.11. The maximum Gasteiger partial charge on any atom is 0.166 e. The van der Waals surface area contributed by atoms with E-state index < -0.39 is 0 Å². The Bertz CT molecular complexity index is 526. The molecule has 0 aromatic heterocycles. The summed E-state index contributed by atoms with van der Waals surface area (Å²) >= 11 is 11.4. The molecule has 0 amide bonds. The molecule has 2 aliphatic rings. The number of hydrogen-bond acceptors (Lipinski definition) is 2. The van der Waals surface area contributed by atoms with Gasteiger partial charge in [-0.15, -0.1) is 0 Å². The number of likely N-dealkylation sites (tertiary alicyclic amines) is 1. The maximum atomic E-state index is 5.95. The van der Waals surface area contributed by atoms with Crippen LogP contribution in [-0.2, 0) is 11.3 Å². The molecule has 2 aliphatic heterocycles. The largest absolute Gasteiger partial charge is 0.376 e. The molecule has 1 aromatic rings. The minimum absolute atomic E-state index is 0.329. The van der Waals surface area contributed by atoms with E-state index in [0.29, 0.717) is 12.1 Å². The molecular weight excluding hydrogens is 342 g/mol. The summed E-state index contributed by atoms with van der Waals surface area (Å²) in [5.74, 6) is 0. The number of piperidine rings is 1. The highest BCUT2D eigenvalue weighted by atomic mass is 35.5. The molecule has 3 rings (SSSR count). The third-order valence-corrected chi connectivity index (χ3v) is 5.42. The zero-order valence-corrected chi connectivity index (χ0v) is 15.6. The van der Waals surface area contributed by atoms with Gasteiger partial charge in [-0.05, 0) is 37.2 Å². The van der Waals surface area contributed by atoms with Crippen molar-refractivity contribution in [3.63, 3.8) is 0 Å². The third kappa shape index (κ3) is 5.59. The van der Waals surface area contributed by atoms with Gasteiger partial charge in [0.1, 0.15) is 6.54 Å². The van der Waals surface area contributed by atoms with Crippen molar-refractivity contribution >= 4 is 28.9 Å². The van der Waals surface area contributed by atoms with Gasteiger partial charge in [-0.2, -0.15) is 0 Å². The Morgan fingerprint density at radius 2 is 1.96 bits per heavy atom. The average molecular weight is 369 g/mol. The quantitative estimate of drug-likeness (QED) is 0.689. The van der Waals surface area contributed by atoms with E-state index in [1.54, 1.807) is 4.90 Å². The van der Waals surface area contributed by atoms with Crippen LogP contribution in [0.15, 0.2) is 24.3 Å². The van der Waals surface area contributed by atoms with Crippen LogP contribution >= 0.6 is 23.8 Å². The van der Waals surface area contributed by atoms with E-state index in [2.05, 4.69) is 22.8 Å². The number of hydrogen-bond donors (Lipinski definition) is 3. The molecule has 24 heavy (non-hydrogen) atoms. The predicted octanol–water partition coefficient (Wildman–Crippen LogP) is 1.53. The van der Waals surface area contributed by atoms with Crippen molar-refractivity contribution < 1.29 is 9.64 Å². The van der Waals surface area contributed by atoms with Crippen LogP contribution in [0.5, 0.6) is 0 Å². The number of ether oxygens (including phenoxy) is 1. The molecule has 0 spiro atoms. The van der Waals surface area contributed by atoms with Crippen molar-refractivity contribution in [3.05, 3.63) is 34.9 Å². The molecule has 0 aliphatic carbocycles. The Kier molecular flexibility index (Phi) is 6.72. The van der Waals surface area contributed by atoms with Crippen LogP contribution in [0.3, 0.4) is 0 Å². The van der Waals surface area contributed by atoms with Crippen molar-refractivity contribution in [2.75, 3.05) is 26.2 Å². The van der Waals surface area contributed by atoms with Crippen molar-refractivity contribution in [3.8, 4) is 0 Å². The average Bonchev–Trinajstić information content (AvgIpc) is 3.10. The number of nitrogens with one attached hydrogen (secondary N) is 3. The number of halogens is 1. The highest BCUT2D eigenvalue weighted by Gasteiger charge is 2.23. The van der Waals surface area contributed by atoms with Gasteiger partial charge >= 0.3 is 0 Å². The first-order valence-electron chi connectivity index (χ1n) is 8.93. The monoisotopic (exact) mass is 368 g/mol. The minimum Gasteiger partial charge on any atom is -0.376 e. The summed E-state index contributed by atoms with van der Waals surface area (Å²) in [7, 11) is 0. The summed E-state index contributed by atoms with van der Waals surface area (Å²) in [5, 5.41) is 8.35. The van der Waals surface area contributed by atoms with Crippen LogP contribution in [0.1, 0.15) is 31.2 Å². The fourth-order valence-electron chi connectivity index (χ4n) is 3.49. The SMILES string of the molecule is S=C(NC[C@@H]1CCCO1)NC1CC[NH+](Cc2ccc(Cl)cc2)CC1. The Balaban J connectivity index is 1.34. The smallest absolute Gasteiger partial charge is 0.166 e. The Labute approximate surface area is 154 Å². The molecule has 3 N–H and O–H groups in total. The van der Waals surface area contributed by atoms with Crippen molar-refractivity contribution in [2.45, 2.75) is 44.4 Å². The fraction of sp³-hybridized carbons (Fsp3) is 0.611. The van der Waals surface area contributed by atoms with E-state index in [4.69, 9.17) is 28.6 Å². The van der Waals surface area contributed by atoms with E-state index in [1.165, 1.54) is 25.1 Å². The molecule has 0 radical (unpaired) electrons. The summed E-state index contributed by atoms with van der Waals surface area (Å²) in [5.41, 5.74) is 1.36. The topological polar surface area (TPSA) is 37.7 Å². The normalized spacial score (nSPS) is 27.0. The number of rotatable bonds is 5. The highest BCUT2D eigenvalue weighted by molar-refractivity contribution is 7.80. The molecule has 1 atom stereocenters. The fourth-order valence-corrected chi connectivity index (χ4v) is 3.86. The lowest BCUT2D eigenvalue weighted by Crippen LogP contribution is -3.12. The molecule has 132 valence electrons. The minimum atomic E-state index is 0.329. The van der Waals surface area contributed by atoms with Gasteiger partial charge in [0.15, 0.2) is 5.11 Å².